The standard InChI is InChI=1S/C14H19BrN4O2/c1-17(2)12(20)10-18-6-8-19(9-7-18)14(21)13-11(15)4-3-5-16-13/h3-5H,6-10H2,1-2H3. The van der Waals surface area contributed by atoms with Gasteiger partial charge in [0.2, 0.25) is 5.91 Å². The number of nitrogens with zero attached hydrogens (tertiary/aromatic N) is 4. The molecule has 0 aliphatic carbocycles. The monoisotopic (exact) mass is 354 g/mol. The molecule has 1 aromatic rings. The summed E-state index contributed by atoms with van der Waals surface area (Å²) in [7, 11) is 3.50. The highest BCUT2D eigenvalue weighted by molar-refractivity contribution is 9.10. The predicted molar refractivity (Wildman–Crippen MR) is 83.0 cm³/mol. The van der Waals surface area contributed by atoms with Crippen LogP contribution in [0.4, 0.5) is 0 Å². The number of carbonyl (C=O) groups is 2. The Morgan fingerprint density at radius 1 is 1.29 bits per heavy atom. The van der Waals surface area contributed by atoms with Gasteiger partial charge >= 0.3 is 0 Å². The fourth-order valence-electron chi connectivity index (χ4n) is 2.13. The summed E-state index contributed by atoms with van der Waals surface area (Å²) in [6, 6.07) is 3.60. The summed E-state index contributed by atoms with van der Waals surface area (Å²) in [4.78, 5) is 33.6. The Morgan fingerprint density at radius 2 is 1.95 bits per heavy atom. The van der Waals surface area contributed by atoms with Crippen molar-refractivity contribution in [3.63, 3.8) is 0 Å². The fourth-order valence-corrected chi connectivity index (χ4v) is 2.56. The second-order valence-electron chi connectivity index (χ2n) is 5.19. The molecular weight excluding hydrogens is 336 g/mol. The first-order valence-corrected chi connectivity index (χ1v) is 7.60. The van der Waals surface area contributed by atoms with E-state index in [9.17, 15) is 9.59 Å². The van der Waals surface area contributed by atoms with Crippen LogP contribution in [0.15, 0.2) is 22.8 Å². The van der Waals surface area contributed by atoms with Crippen molar-refractivity contribution in [3.05, 3.63) is 28.5 Å². The summed E-state index contributed by atoms with van der Waals surface area (Å²) in [6.45, 7) is 3.04. The molecule has 2 rings (SSSR count). The molecule has 0 radical (unpaired) electrons. The van der Waals surface area contributed by atoms with Crippen molar-refractivity contribution in [3.8, 4) is 0 Å². The van der Waals surface area contributed by atoms with E-state index in [2.05, 4.69) is 25.8 Å². The third-order valence-corrected chi connectivity index (χ3v) is 4.12. The van der Waals surface area contributed by atoms with Crippen LogP contribution in [-0.4, -0.2) is 78.3 Å². The first-order valence-electron chi connectivity index (χ1n) is 6.81. The van der Waals surface area contributed by atoms with Gasteiger partial charge in [0.1, 0.15) is 5.69 Å². The Hall–Kier alpha value is -1.47. The van der Waals surface area contributed by atoms with Crippen LogP contribution in [-0.2, 0) is 4.79 Å². The maximum Gasteiger partial charge on any atom is 0.273 e. The molecular formula is C14H19BrN4O2. The van der Waals surface area contributed by atoms with Gasteiger partial charge in [-0.2, -0.15) is 0 Å². The van der Waals surface area contributed by atoms with Gasteiger partial charge in [-0.15, -0.1) is 0 Å². The summed E-state index contributed by atoms with van der Waals surface area (Å²) in [5.74, 6) is 0.0170. The molecule has 7 heteroatoms. The van der Waals surface area contributed by atoms with Gasteiger partial charge in [-0.3, -0.25) is 14.5 Å². The van der Waals surface area contributed by atoms with Crippen LogP contribution in [0.2, 0.25) is 0 Å². The van der Waals surface area contributed by atoms with Crippen LogP contribution in [0, 0.1) is 0 Å². The SMILES string of the molecule is CN(C)C(=O)CN1CCN(C(=O)c2ncccc2Br)CC1. The topological polar surface area (TPSA) is 56.8 Å². The van der Waals surface area contributed by atoms with E-state index in [1.54, 1.807) is 36.2 Å². The molecule has 1 fully saturated rings. The average Bonchev–Trinajstić information content (AvgIpc) is 2.47. The van der Waals surface area contributed by atoms with Crippen LogP contribution in [0.5, 0.6) is 0 Å². The van der Waals surface area contributed by atoms with Crippen LogP contribution in [0.3, 0.4) is 0 Å². The average molecular weight is 355 g/mol. The Balaban J connectivity index is 1.91. The van der Waals surface area contributed by atoms with E-state index in [4.69, 9.17) is 0 Å². The number of amides is 2. The lowest BCUT2D eigenvalue weighted by molar-refractivity contribution is -0.130. The highest BCUT2D eigenvalue weighted by Crippen LogP contribution is 2.16. The number of carbonyl (C=O) groups excluding carboxylic acids is 2. The minimum Gasteiger partial charge on any atom is -0.348 e. The van der Waals surface area contributed by atoms with Gasteiger partial charge in [0, 0.05) is 50.9 Å². The number of halogens is 1. The highest BCUT2D eigenvalue weighted by Gasteiger charge is 2.25. The second kappa shape index (κ2) is 7.00. The molecule has 6 nitrogen and oxygen atoms in total. The van der Waals surface area contributed by atoms with Crippen LogP contribution in [0.25, 0.3) is 0 Å². The fraction of sp³-hybridized carbons (Fsp3) is 0.500. The van der Waals surface area contributed by atoms with Gasteiger partial charge in [0.05, 0.1) is 6.54 Å². The molecule has 114 valence electrons. The largest absolute Gasteiger partial charge is 0.348 e. The van der Waals surface area contributed by atoms with Crippen molar-refractivity contribution in [2.75, 3.05) is 46.8 Å². The molecule has 0 bridgehead atoms. The zero-order valence-corrected chi connectivity index (χ0v) is 13.8. The summed E-state index contributed by atoms with van der Waals surface area (Å²) in [5.41, 5.74) is 0.440. The second-order valence-corrected chi connectivity index (χ2v) is 6.04. The first kappa shape index (κ1) is 15.9. The van der Waals surface area contributed by atoms with E-state index >= 15 is 0 Å². The van der Waals surface area contributed by atoms with Crippen molar-refractivity contribution in [2.24, 2.45) is 0 Å². The lowest BCUT2D eigenvalue weighted by atomic mass is 10.2. The molecule has 0 atom stereocenters. The molecule has 0 saturated carbocycles. The van der Waals surface area contributed by atoms with E-state index in [0.717, 1.165) is 0 Å². The minimum absolute atomic E-state index is 0.0685. The van der Waals surface area contributed by atoms with E-state index in [0.29, 0.717) is 42.9 Å². The summed E-state index contributed by atoms with van der Waals surface area (Å²) < 4.78 is 0.709. The molecule has 1 aliphatic heterocycles. The van der Waals surface area contributed by atoms with E-state index in [-0.39, 0.29) is 11.8 Å². The third kappa shape index (κ3) is 4.01. The predicted octanol–water partition coefficient (Wildman–Crippen LogP) is 0.690. The minimum atomic E-state index is -0.0685. The van der Waals surface area contributed by atoms with E-state index < -0.39 is 0 Å². The first-order chi connectivity index (χ1) is 9.99. The number of hydrogen-bond acceptors (Lipinski definition) is 4. The normalized spacial score (nSPS) is 15.9. The number of aromatic nitrogens is 1. The van der Waals surface area contributed by atoms with Gasteiger partial charge < -0.3 is 9.80 Å². The van der Waals surface area contributed by atoms with Crippen molar-refractivity contribution in [2.45, 2.75) is 0 Å². The summed E-state index contributed by atoms with van der Waals surface area (Å²) >= 11 is 3.35. The number of pyridine rings is 1. The lowest BCUT2D eigenvalue weighted by Crippen LogP contribution is -2.51. The molecule has 0 unspecified atom stereocenters. The smallest absolute Gasteiger partial charge is 0.273 e. The number of piperazine rings is 1. The highest BCUT2D eigenvalue weighted by atomic mass is 79.9. The Bertz CT molecular complexity index is 527. The zero-order valence-electron chi connectivity index (χ0n) is 12.3. The van der Waals surface area contributed by atoms with Gasteiger partial charge in [-0.1, -0.05) is 0 Å². The van der Waals surface area contributed by atoms with Crippen LogP contribution >= 0.6 is 15.9 Å². The van der Waals surface area contributed by atoms with Gasteiger partial charge in [0.15, 0.2) is 0 Å². The van der Waals surface area contributed by atoms with Crippen molar-refractivity contribution >= 4 is 27.7 Å². The molecule has 21 heavy (non-hydrogen) atoms. The third-order valence-electron chi connectivity index (χ3n) is 3.48. The molecule has 2 amide bonds. The molecule has 0 N–H and O–H groups in total. The summed E-state index contributed by atoms with van der Waals surface area (Å²) in [6.07, 6.45) is 1.62. The van der Waals surface area contributed by atoms with E-state index in [1.165, 1.54) is 0 Å². The Kier molecular flexibility index (Phi) is 5.30. The zero-order chi connectivity index (χ0) is 15.4. The molecule has 0 aromatic carbocycles. The molecule has 0 spiro atoms. The van der Waals surface area contributed by atoms with E-state index in [1.807, 2.05) is 6.07 Å². The number of likely N-dealkylation sites (N-methyl/N-ethyl adjacent to an activating group) is 1. The van der Waals surface area contributed by atoms with Crippen LogP contribution in [0.1, 0.15) is 10.5 Å². The van der Waals surface area contributed by atoms with Crippen LogP contribution < -0.4 is 0 Å². The number of rotatable bonds is 3. The lowest BCUT2D eigenvalue weighted by Gasteiger charge is -2.34. The molecule has 1 saturated heterocycles. The van der Waals surface area contributed by atoms with Crippen molar-refractivity contribution in [1.82, 2.24) is 19.7 Å². The molecule has 1 aromatic heterocycles. The Morgan fingerprint density at radius 3 is 2.52 bits per heavy atom. The molecule has 1 aliphatic rings. The van der Waals surface area contributed by atoms with Crippen molar-refractivity contribution < 1.29 is 9.59 Å². The van der Waals surface area contributed by atoms with Gasteiger partial charge in [-0.05, 0) is 28.1 Å². The van der Waals surface area contributed by atoms with Crippen molar-refractivity contribution in [1.29, 1.82) is 0 Å². The maximum absolute atomic E-state index is 12.4. The molecule has 2 heterocycles. The quantitative estimate of drug-likeness (QED) is 0.801. The Labute approximate surface area is 132 Å². The van der Waals surface area contributed by atoms with Gasteiger partial charge in [0.25, 0.3) is 5.91 Å². The number of hydrogen-bond donors (Lipinski definition) is 0. The summed E-state index contributed by atoms with van der Waals surface area (Å²) in [5, 5.41) is 0. The van der Waals surface area contributed by atoms with Gasteiger partial charge in [-0.25, -0.2) is 4.98 Å². The maximum atomic E-state index is 12.4.